The molecule has 16 heavy (non-hydrogen) atoms. The highest BCUT2D eigenvalue weighted by atomic mass is 32.1. The van der Waals surface area contributed by atoms with Gasteiger partial charge in [0, 0.05) is 18.5 Å². The van der Waals surface area contributed by atoms with Crippen LogP contribution >= 0.6 is 11.3 Å². The SMILES string of the molecule is O=C(O)c1csc(C(=O)N2CCC(O)C2)n1. The number of amides is 1. The zero-order valence-corrected chi connectivity index (χ0v) is 9.11. The van der Waals surface area contributed by atoms with Crippen LogP contribution in [0.3, 0.4) is 0 Å². The Hall–Kier alpha value is -1.47. The summed E-state index contributed by atoms with van der Waals surface area (Å²) in [4.78, 5) is 27.6. The highest BCUT2D eigenvalue weighted by Crippen LogP contribution is 2.16. The minimum atomic E-state index is -1.14. The first kappa shape index (κ1) is 11.0. The summed E-state index contributed by atoms with van der Waals surface area (Å²) >= 11 is 1.01. The first-order valence-electron chi connectivity index (χ1n) is 4.74. The molecule has 1 fully saturated rings. The van der Waals surface area contributed by atoms with E-state index < -0.39 is 12.1 Å². The highest BCUT2D eigenvalue weighted by Gasteiger charge is 2.27. The number of hydrogen-bond donors (Lipinski definition) is 2. The van der Waals surface area contributed by atoms with Crippen LogP contribution < -0.4 is 0 Å². The standard InChI is InChI=1S/C9H10N2O4S/c12-5-1-2-11(3-5)8(13)7-10-6(4-16-7)9(14)15/h4-5,12H,1-3H2,(H,14,15). The third-order valence-electron chi connectivity index (χ3n) is 2.36. The summed E-state index contributed by atoms with van der Waals surface area (Å²) in [5, 5.41) is 19.4. The van der Waals surface area contributed by atoms with Crippen molar-refractivity contribution in [2.24, 2.45) is 0 Å². The molecule has 0 aromatic carbocycles. The number of carbonyl (C=O) groups excluding carboxylic acids is 1. The molecule has 1 amide bonds. The van der Waals surface area contributed by atoms with Crippen molar-refractivity contribution in [1.29, 1.82) is 0 Å². The van der Waals surface area contributed by atoms with Gasteiger partial charge in [0.15, 0.2) is 10.7 Å². The molecule has 1 saturated heterocycles. The number of β-amino-alcohol motifs (C(OH)–C–C–N with tert-alkyl or cyclic N) is 1. The average molecular weight is 242 g/mol. The molecular weight excluding hydrogens is 232 g/mol. The first-order chi connectivity index (χ1) is 7.58. The zero-order valence-electron chi connectivity index (χ0n) is 8.29. The Kier molecular flexibility index (Phi) is 2.88. The molecule has 1 atom stereocenters. The number of carbonyl (C=O) groups is 2. The van der Waals surface area contributed by atoms with Crippen LogP contribution in [-0.2, 0) is 0 Å². The van der Waals surface area contributed by atoms with E-state index in [0.717, 1.165) is 11.3 Å². The Morgan fingerprint density at radius 2 is 2.31 bits per heavy atom. The predicted octanol–water partition coefficient (Wildman–Crippen LogP) is 0.0481. The topological polar surface area (TPSA) is 90.7 Å². The van der Waals surface area contributed by atoms with Gasteiger partial charge in [-0.2, -0.15) is 0 Å². The van der Waals surface area contributed by atoms with E-state index in [-0.39, 0.29) is 16.6 Å². The number of likely N-dealkylation sites (tertiary alicyclic amines) is 1. The van der Waals surface area contributed by atoms with E-state index in [0.29, 0.717) is 19.5 Å². The largest absolute Gasteiger partial charge is 0.476 e. The highest BCUT2D eigenvalue weighted by molar-refractivity contribution is 7.11. The molecule has 2 heterocycles. The summed E-state index contributed by atoms with van der Waals surface area (Å²) in [5.41, 5.74) is -0.118. The lowest BCUT2D eigenvalue weighted by molar-refractivity contribution is 0.0691. The van der Waals surface area contributed by atoms with Crippen LogP contribution in [-0.4, -0.2) is 51.2 Å². The molecule has 2 N–H and O–H groups in total. The molecule has 1 aliphatic heterocycles. The van der Waals surface area contributed by atoms with Gasteiger partial charge >= 0.3 is 5.97 Å². The van der Waals surface area contributed by atoms with E-state index in [4.69, 9.17) is 5.11 Å². The van der Waals surface area contributed by atoms with Crippen LogP contribution in [0.2, 0.25) is 0 Å². The molecule has 0 spiro atoms. The van der Waals surface area contributed by atoms with Crippen LogP contribution in [0.5, 0.6) is 0 Å². The number of aromatic carboxylic acids is 1. The Balaban J connectivity index is 2.11. The Morgan fingerprint density at radius 1 is 1.56 bits per heavy atom. The monoisotopic (exact) mass is 242 g/mol. The third kappa shape index (κ3) is 2.05. The third-order valence-corrected chi connectivity index (χ3v) is 3.19. The average Bonchev–Trinajstić information content (AvgIpc) is 2.84. The van der Waals surface area contributed by atoms with Gasteiger partial charge in [-0.15, -0.1) is 11.3 Å². The molecule has 1 aliphatic rings. The summed E-state index contributed by atoms with van der Waals surface area (Å²) in [5.74, 6) is -1.45. The Morgan fingerprint density at radius 3 is 2.81 bits per heavy atom. The second kappa shape index (κ2) is 4.18. The number of hydrogen-bond acceptors (Lipinski definition) is 5. The van der Waals surface area contributed by atoms with Gasteiger partial charge < -0.3 is 15.1 Å². The van der Waals surface area contributed by atoms with Crippen LogP contribution in [0.25, 0.3) is 0 Å². The maximum absolute atomic E-state index is 11.8. The molecule has 6 nitrogen and oxygen atoms in total. The smallest absolute Gasteiger partial charge is 0.355 e. The first-order valence-corrected chi connectivity index (χ1v) is 5.62. The van der Waals surface area contributed by atoms with E-state index in [9.17, 15) is 14.7 Å². The molecule has 1 aromatic rings. The lowest BCUT2D eigenvalue weighted by atomic mass is 10.3. The van der Waals surface area contributed by atoms with Crippen molar-refractivity contribution in [3.63, 3.8) is 0 Å². The van der Waals surface area contributed by atoms with Crippen molar-refractivity contribution in [3.05, 3.63) is 16.1 Å². The van der Waals surface area contributed by atoms with Gasteiger partial charge in [-0.05, 0) is 6.42 Å². The number of thiazole rings is 1. The summed E-state index contributed by atoms with van der Waals surface area (Å²) in [7, 11) is 0. The molecule has 7 heteroatoms. The van der Waals surface area contributed by atoms with Crippen LogP contribution in [0.15, 0.2) is 5.38 Å². The normalized spacial score (nSPS) is 20.1. The molecule has 0 aliphatic carbocycles. The van der Waals surface area contributed by atoms with Gasteiger partial charge in [-0.3, -0.25) is 4.79 Å². The summed E-state index contributed by atoms with van der Waals surface area (Å²) < 4.78 is 0. The van der Waals surface area contributed by atoms with E-state index in [1.54, 1.807) is 0 Å². The maximum Gasteiger partial charge on any atom is 0.355 e. The number of aliphatic hydroxyl groups is 1. The molecule has 0 radical (unpaired) electrons. The second-order valence-corrected chi connectivity index (χ2v) is 4.39. The number of aliphatic hydroxyl groups excluding tert-OH is 1. The van der Waals surface area contributed by atoms with Crippen molar-refractivity contribution in [1.82, 2.24) is 9.88 Å². The van der Waals surface area contributed by atoms with E-state index in [1.165, 1.54) is 10.3 Å². The fourth-order valence-corrected chi connectivity index (χ4v) is 2.29. The lowest BCUT2D eigenvalue weighted by Crippen LogP contribution is -2.29. The number of nitrogens with zero attached hydrogens (tertiary/aromatic N) is 2. The van der Waals surface area contributed by atoms with Gasteiger partial charge in [0.05, 0.1) is 6.10 Å². The van der Waals surface area contributed by atoms with Crippen molar-refractivity contribution >= 4 is 23.2 Å². The van der Waals surface area contributed by atoms with Gasteiger partial charge in [0.1, 0.15) is 0 Å². The minimum Gasteiger partial charge on any atom is -0.476 e. The number of carboxylic acids is 1. The van der Waals surface area contributed by atoms with E-state index in [2.05, 4.69) is 4.98 Å². The molecule has 2 rings (SSSR count). The van der Waals surface area contributed by atoms with Crippen molar-refractivity contribution in [3.8, 4) is 0 Å². The van der Waals surface area contributed by atoms with Gasteiger partial charge in [-0.1, -0.05) is 0 Å². The molecular formula is C9H10N2O4S. The maximum atomic E-state index is 11.8. The zero-order chi connectivity index (χ0) is 11.7. The summed E-state index contributed by atoms with van der Waals surface area (Å²) in [6.45, 7) is 0.781. The van der Waals surface area contributed by atoms with E-state index >= 15 is 0 Å². The lowest BCUT2D eigenvalue weighted by Gasteiger charge is -2.12. The summed E-state index contributed by atoms with van der Waals surface area (Å²) in [6, 6.07) is 0. The fraction of sp³-hybridized carbons (Fsp3) is 0.444. The quantitative estimate of drug-likeness (QED) is 0.764. The molecule has 1 unspecified atom stereocenters. The number of carboxylic acid groups (broad SMARTS) is 1. The minimum absolute atomic E-state index is 0.118. The molecule has 1 aromatic heterocycles. The molecule has 0 saturated carbocycles. The molecule has 0 bridgehead atoms. The fourth-order valence-electron chi connectivity index (χ4n) is 1.53. The summed E-state index contributed by atoms with van der Waals surface area (Å²) in [6.07, 6.45) is 0.0750. The Bertz CT molecular complexity index is 431. The molecule has 86 valence electrons. The van der Waals surface area contributed by atoms with Crippen LogP contribution in [0.1, 0.15) is 26.7 Å². The van der Waals surface area contributed by atoms with E-state index in [1.807, 2.05) is 0 Å². The number of aromatic nitrogens is 1. The van der Waals surface area contributed by atoms with Gasteiger partial charge in [0.2, 0.25) is 0 Å². The van der Waals surface area contributed by atoms with Crippen molar-refractivity contribution < 1.29 is 19.8 Å². The Labute approximate surface area is 95.1 Å². The van der Waals surface area contributed by atoms with Crippen LogP contribution in [0, 0.1) is 0 Å². The predicted molar refractivity (Wildman–Crippen MR) is 55.6 cm³/mol. The second-order valence-electron chi connectivity index (χ2n) is 3.54. The van der Waals surface area contributed by atoms with Crippen molar-refractivity contribution in [2.45, 2.75) is 12.5 Å². The van der Waals surface area contributed by atoms with Gasteiger partial charge in [0.25, 0.3) is 5.91 Å². The van der Waals surface area contributed by atoms with Crippen LogP contribution in [0.4, 0.5) is 0 Å². The van der Waals surface area contributed by atoms with Crippen molar-refractivity contribution in [2.75, 3.05) is 13.1 Å². The van der Waals surface area contributed by atoms with Gasteiger partial charge in [-0.25, -0.2) is 9.78 Å². The number of rotatable bonds is 2.